The summed E-state index contributed by atoms with van der Waals surface area (Å²) in [6.07, 6.45) is 2.17. The van der Waals surface area contributed by atoms with E-state index in [1.165, 1.54) is 16.8 Å². The van der Waals surface area contributed by atoms with E-state index in [9.17, 15) is 4.79 Å². The predicted molar refractivity (Wildman–Crippen MR) is 145 cm³/mol. The summed E-state index contributed by atoms with van der Waals surface area (Å²) >= 11 is 0. The third kappa shape index (κ3) is 7.53. The van der Waals surface area contributed by atoms with Crippen LogP contribution in [0, 0.1) is 0 Å². The maximum atomic E-state index is 12.8. The molecule has 1 aliphatic rings. The first-order valence-electron chi connectivity index (χ1n) is 13.3. The molecule has 0 radical (unpaired) electrons. The van der Waals surface area contributed by atoms with Gasteiger partial charge in [-0.05, 0) is 62.1 Å². The molecule has 3 rings (SSSR count). The molecule has 1 saturated heterocycles. The van der Waals surface area contributed by atoms with Gasteiger partial charge in [0, 0.05) is 77.3 Å². The normalized spacial score (nSPS) is 15.7. The van der Waals surface area contributed by atoms with Crippen molar-refractivity contribution in [1.29, 1.82) is 0 Å². The largest absolute Gasteiger partial charge is 0.385 e. The number of piperazine rings is 1. The van der Waals surface area contributed by atoms with Crippen LogP contribution in [0.4, 0.5) is 5.69 Å². The molecule has 1 amide bonds. The number of nitrogens with zero attached hydrogens (tertiary/aromatic N) is 3. The number of carbonyl (C=O) groups is 1. The van der Waals surface area contributed by atoms with E-state index < -0.39 is 0 Å². The molecule has 0 aromatic heterocycles. The smallest absolute Gasteiger partial charge is 0.253 e. The predicted octanol–water partition coefficient (Wildman–Crippen LogP) is 4.73. The Hall–Kier alpha value is -2.41. The lowest BCUT2D eigenvalue weighted by Crippen LogP contribution is -2.48. The topological polar surface area (TPSA) is 48.1 Å². The average Bonchev–Trinajstić information content (AvgIpc) is 2.90. The molecule has 0 spiro atoms. The maximum absolute atomic E-state index is 12.8. The number of hydrogen-bond donors (Lipinski definition) is 1. The monoisotopic (exact) mass is 480 g/mol. The Balaban J connectivity index is 1.83. The van der Waals surface area contributed by atoms with Gasteiger partial charge in [0.25, 0.3) is 5.91 Å². The molecule has 0 saturated carbocycles. The number of anilines is 1. The number of ether oxygens (including phenoxy) is 1. The van der Waals surface area contributed by atoms with Crippen LogP contribution in [0.3, 0.4) is 0 Å². The van der Waals surface area contributed by atoms with E-state index in [0.29, 0.717) is 0 Å². The van der Waals surface area contributed by atoms with Crippen LogP contribution in [0.1, 0.15) is 61.1 Å². The van der Waals surface area contributed by atoms with Crippen molar-refractivity contribution < 1.29 is 9.53 Å². The molecule has 1 atom stereocenters. The quantitative estimate of drug-likeness (QED) is 0.420. The highest BCUT2D eigenvalue weighted by Crippen LogP contribution is 2.31. The second kappa shape index (κ2) is 14.2. The molecular formula is C29H44N4O2. The van der Waals surface area contributed by atoms with Crippen LogP contribution in [-0.2, 0) is 4.74 Å². The van der Waals surface area contributed by atoms with Gasteiger partial charge in [0.05, 0.1) is 6.04 Å². The molecule has 1 N–H and O–H groups in total. The molecule has 1 fully saturated rings. The van der Waals surface area contributed by atoms with Crippen LogP contribution >= 0.6 is 0 Å². The van der Waals surface area contributed by atoms with Crippen LogP contribution in [0.15, 0.2) is 48.5 Å². The van der Waals surface area contributed by atoms with Gasteiger partial charge in [0.2, 0.25) is 0 Å². The van der Waals surface area contributed by atoms with Crippen LogP contribution < -0.4 is 5.32 Å². The summed E-state index contributed by atoms with van der Waals surface area (Å²) in [5.41, 5.74) is 4.46. The molecule has 1 aliphatic heterocycles. The van der Waals surface area contributed by atoms with Crippen molar-refractivity contribution in [3.8, 4) is 0 Å². The van der Waals surface area contributed by atoms with Gasteiger partial charge >= 0.3 is 0 Å². The van der Waals surface area contributed by atoms with Crippen LogP contribution in [-0.4, -0.2) is 86.7 Å². The molecule has 6 heteroatoms. The molecular weight excluding hydrogens is 436 g/mol. The molecule has 0 aliphatic carbocycles. The summed E-state index contributed by atoms with van der Waals surface area (Å²) in [6.45, 7) is 14.7. The number of amides is 1. The van der Waals surface area contributed by atoms with E-state index >= 15 is 0 Å². The van der Waals surface area contributed by atoms with E-state index in [-0.39, 0.29) is 11.9 Å². The summed E-state index contributed by atoms with van der Waals surface area (Å²) in [5.74, 6) is 0.105. The highest BCUT2D eigenvalue weighted by atomic mass is 16.5. The summed E-state index contributed by atoms with van der Waals surface area (Å²) in [5, 5.41) is 3.54. The molecule has 35 heavy (non-hydrogen) atoms. The zero-order valence-electron chi connectivity index (χ0n) is 22.1. The van der Waals surface area contributed by atoms with E-state index in [4.69, 9.17) is 4.74 Å². The zero-order chi connectivity index (χ0) is 25.0. The molecule has 6 nitrogen and oxygen atoms in total. The van der Waals surface area contributed by atoms with Gasteiger partial charge in [-0.25, -0.2) is 0 Å². The van der Waals surface area contributed by atoms with Crippen molar-refractivity contribution in [2.45, 2.75) is 39.7 Å². The van der Waals surface area contributed by atoms with E-state index in [0.717, 1.165) is 77.4 Å². The fourth-order valence-electron chi connectivity index (χ4n) is 4.88. The van der Waals surface area contributed by atoms with Crippen molar-refractivity contribution in [2.24, 2.45) is 0 Å². The Morgan fingerprint density at radius 2 is 1.71 bits per heavy atom. The second-order valence-corrected chi connectivity index (χ2v) is 9.28. The minimum Gasteiger partial charge on any atom is -0.385 e. The lowest BCUT2D eigenvalue weighted by atomic mass is 9.94. The molecule has 1 unspecified atom stereocenters. The third-order valence-corrected chi connectivity index (χ3v) is 6.90. The second-order valence-electron chi connectivity index (χ2n) is 9.28. The number of nitrogens with one attached hydrogen (secondary N) is 1. The minimum absolute atomic E-state index is 0.105. The summed E-state index contributed by atoms with van der Waals surface area (Å²) in [4.78, 5) is 19.8. The zero-order valence-corrected chi connectivity index (χ0v) is 22.1. The number of benzene rings is 2. The van der Waals surface area contributed by atoms with Gasteiger partial charge in [-0.2, -0.15) is 0 Å². The van der Waals surface area contributed by atoms with Crippen LogP contribution in [0.25, 0.3) is 0 Å². The number of methoxy groups -OCH3 is 1. The minimum atomic E-state index is 0.105. The third-order valence-electron chi connectivity index (χ3n) is 6.90. The van der Waals surface area contributed by atoms with Crippen LogP contribution in [0.2, 0.25) is 0 Å². The fraction of sp³-hybridized carbons (Fsp3) is 0.552. The van der Waals surface area contributed by atoms with Gasteiger partial charge in [0.15, 0.2) is 0 Å². The fourth-order valence-corrected chi connectivity index (χ4v) is 4.88. The number of hydrogen-bond acceptors (Lipinski definition) is 5. The Morgan fingerprint density at radius 3 is 2.34 bits per heavy atom. The van der Waals surface area contributed by atoms with Gasteiger partial charge in [-0.3, -0.25) is 9.69 Å². The SMILES string of the molecule is CCCNc1cccc(C(c2ccc(C(=O)N(CC)CC)cc2)N2CCN(CCCOC)CC2)c1. The van der Waals surface area contributed by atoms with E-state index in [2.05, 4.69) is 58.4 Å². The van der Waals surface area contributed by atoms with Crippen molar-refractivity contribution >= 4 is 11.6 Å². The Kier molecular flexibility index (Phi) is 11.0. The van der Waals surface area contributed by atoms with Gasteiger partial charge in [0.1, 0.15) is 0 Å². The lowest BCUT2D eigenvalue weighted by Gasteiger charge is -2.40. The van der Waals surface area contributed by atoms with Gasteiger partial charge in [-0.15, -0.1) is 0 Å². The maximum Gasteiger partial charge on any atom is 0.253 e. The highest BCUT2D eigenvalue weighted by Gasteiger charge is 2.27. The standard InChI is InChI=1S/C29H44N4O2/c1-5-16-30-27-11-8-10-26(23-27)28(33-20-18-31(19-21-33)17-9-22-35-4)24-12-14-25(15-13-24)29(34)32(6-2)7-3/h8,10-15,23,28,30H,5-7,9,16-22H2,1-4H3. The Bertz CT molecular complexity index is 890. The number of carbonyl (C=O) groups excluding carboxylic acids is 1. The molecule has 192 valence electrons. The van der Waals surface area contributed by atoms with Gasteiger partial charge in [-0.1, -0.05) is 31.2 Å². The average molecular weight is 481 g/mol. The van der Waals surface area contributed by atoms with Crippen molar-refractivity contribution in [3.05, 3.63) is 65.2 Å². The van der Waals surface area contributed by atoms with Gasteiger partial charge < -0.3 is 19.9 Å². The molecule has 1 heterocycles. The first kappa shape index (κ1) is 27.2. The molecule has 0 bridgehead atoms. The first-order chi connectivity index (χ1) is 17.1. The van der Waals surface area contributed by atoms with E-state index in [1.807, 2.05) is 30.9 Å². The van der Waals surface area contributed by atoms with Crippen molar-refractivity contribution in [3.63, 3.8) is 0 Å². The summed E-state index contributed by atoms with van der Waals surface area (Å²) in [6, 6.07) is 17.3. The Labute approximate surface area is 212 Å². The molecule has 2 aromatic rings. The Morgan fingerprint density at radius 1 is 1.00 bits per heavy atom. The summed E-state index contributed by atoms with van der Waals surface area (Å²) in [7, 11) is 1.77. The first-order valence-corrected chi connectivity index (χ1v) is 13.3. The highest BCUT2D eigenvalue weighted by molar-refractivity contribution is 5.94. The van der Waals surface area contributed by atoms with Crippen molar-refractivity contribution in [1.82, 2.24) is 14.7 Å². The van der Waals surface area contributed by atoms with E-state index in [1.54, 1.807) is 7.11 Å². The van der Waals surface area contributed by atoms with Crippen LogP contribution in [0.5, 0.6) is 0 Å². The number of rotatable bonds is 13. The summed E-state index contributed by atoms with van der Waals surface area (Å²) < 4.78 is 5.23. The van der Waals surface area contributed by atoms with Crippen molar-refractivity contribution in [2.75, 3.05) is 71.4 Å². The lowest BCUT2D eigenvalue weighted by molar-refractivity contribution is 0.0773. The molecule has 2 aromatic carbocycles.